The SMILES string of the molecule is CCC(CN)(C(C)=O)C1C2CC3CC(C2)CC1C3. The van der Waals surface area contributed by atoms with Crippen LogP contribution in [0.1, 0.15) is 52.4 Å². The molecule has 0 aliphatic heterocycles. The van der Waals surface area contributed by atoms with Crippen LogP contribution in [-0.4, -0.2) is 12.3 Å². The van der Waals surface area contributed by atoms with Gasteiger partial charge in [-0.1, -0.05) is 6.92 Å². The van der Waals surface area contributed by atoms with E-state index in [-0.39, 0.29) is 5.41 Å². The lowest BCUT2D eigenvalue weighted by molar-refractivity contribution is -0.144. The summed E-state index contributed by atoms with van der Waals surface area (Å²) in [6.45, 7) is 4.51. The fraction of sp³-hybridized carbons (Fsp3) is 0.938. The Kier molecular flexibility index (Phi) is 3.04. The van der Waals surface area contributed by atoms with Gasteiger partial charge < -0.3 is 5.73 Å². The largest absolute Gasteiger partial charge is 0.329 e. The van der Waals surface area contributed by atoms with Crippen LogP contribution in [0.5, 0.6) is 0 Å². The predicted molar refractivity (Wildman–Crippen MR) is 73.0 cm³/mol. The molecular weight excluding hydrogens is 222 g/mol. The monoisotopic (exact) mass is 249 g/mol. The molecule has 0 amide bonds. The Bertz CT molecular complexity index is 317. The minimum Gasteiger partial charge on any atom is -0.329 e. The maximum atomic E-state index is 12.3. The van der Waals surface area contributed by atoms with E-state index in [0.29, 0.717) is 18.2 Å². The first kappa shape index (κ1) is 12.7. The standard InChI is InChI=1S/C16H27NO/c1-3-16(9-17,10(2)18)15-13-5-11-4-12(7-13)8-14(15)6-11/h11-15H,3-9,17H2,1-2H3. The minimum absolute atomic E-state index is 0.206. The maximum Gasteiger partial charge on any atom is 0.137 e. The fourth-order valence-corrected chi connectivity index (χ4v) is 5.97. The van der Waals surface area contributed by atoms with Crippen molar-refractivity contribution in [1.82, 2.24) is 0 Å². The second kappa shape index (κ2) is 4.33. The number of nitrogens with two attached hydrogens (primary N) is 1. The molecule has 0 aromatic heterocycles. The lowest BCUT2D eigenvalue weighted by atomic mass is 9.45. The molecule has 102 valence electrons. The van der Waals surface area contributed by atoms with E-state index in [9.17, 15) is 4.79 Å². The zero-order valence-corrected chi connectivity index (χ0v) is 11.8. The average molecular weight is 249 g/mol. The molecule has 2 nitrogen and oxygen atoms in total. The molecule has 2 N–H and O–H groups in total. The molecule has 0 aromatic carbocycles. The van der Waals surface area contributed by atoms with Crippen LogP contribution in [0.15, 0.2) is 0 Å². The van der Waals surface area contributed by atoms with Gasteiger partial charge in [-0.15, -0.1) is 0 Å². The van der Waals surface area contributed by atoms with Gasteiger partial charge in [0.2, 0.25) is 0 Å². The maximum absolute atomic E-state index is 12.3. The van der Waals surface area contributed by atoms with Gasteiger partial charge in [-0.25, -0.2) is 0 Å². The van der Waals surface area contributed by atoms with E-state index in [1.54, 1.807) is 6.92 Å². The van der Waals surface area contributed by atoms with Gasteiger partial charge in [0.1, 0.15) is 5.78 Å². The summed E-state index contributed by atoms with van der Waals surface area (Å²) in [7, 11) is 0. The zero-order valence-electron chi connectivity index (χ0n) is 11.8. The quantitative estimate of drug-likeness (QED) is 0.832. The topological polar surface area (TPSA) is 43.1 Å². The molecule has 4 fully saturated rings. The van der Waals surface area contributed by atoms with Crippen LogP contribution in [0, 0.1) is 35.0 Å². The molecule has 4 rings (SSSR count). The van der Waals surface area contributed by atoms with Crippen LogP contribution in [0.3, 0.4) is 0 Å². The van der Waals surface area contributed by atoms with E-state index in [4.69, 9.17) is 5.73 Å². The lowest BCUT2D eigenvalue weighted by Crippen LogP contribution is -2.56. The normalized spacial score (nSPS) is 44.9. The third kappa shape index (κ3) is 1.61. The minimum atomic E-state index is -0.206. The van der Waals surface area contributed by atoms with Crippen molar-refractivity contribution in [1.29, 1.82) is 0 Å². The molecule has 0 radical (unpaired) electrons. The summed E-state index contributed by atoms with van der Waals surface area (Å²) in [6.07, 6.45) is 7.94. The second-order valence-electron chi connectivity index (χ2n) is 7.23. The molecule has 0 aromatic rings. The number of hydrogen-bond acceptors (Lipinski definition) is 2. The Morgan fingerprint density at radius 2 is 1.61 bits per heavy atom. The number of rotatable bonds is 4. The van der Waals surface area contributed by atoms with Crippen molar-refractivity contribution in [2.24, 2.45) is 40.7 Å². The summed E-state index contributed by atoms with van der Waals surface area (Å²) in [6, 6.07) is 0. The molecule has 4 saturated carbocycles. The highest BCUT2D eigenvalue weighted by molar-refractivity contribution is 5.83. The van der Waals surface area contributed by atoms with E-state index < -0.39 is 0 Å². The first-order valence-corrected chi connectivity index (χ1v) is 7.81. The Morgan fingerprint density at radius 1 is 1.11 bits per heavy atom. The van der Waals surface area contributed by atoms with Crippen LogP contribution >= 0.6 is 0 Å². The second-order valence-corrected chi connectivity index (χ2v) is 7.23. The molecule has 0 spiro atoms. The molecule has 18 heavy (non-hydrogen) atoms. The van der Waals surface area contributed by atoms with Crippen molar-refractivity contribution >= 4 is 5.78 Å². The van der Waals surface area contributed by atoms with Crippen molar-refractivity contribution in [3.8, 4) is 0 Å². The smallest absolute Gasteiger partial charge is 0.137 e. The molecular formula is C16H27NO. The third-order valence-electron chi connectivity index (χ3n) is 6.56. The molecule has 4 aliphatic rings. The summed E-state index contributed by atoms with van der Waals surface area (Å²) in [5, 5.41) is 0. The first-order chi connectivity index (χ1) is 8.60. The predicted octanol–water partition coefficient (Wildman–Crippen LogP) is 3.00. The van der Waals surface area contributed by atoms with E-state index >= 15 is 0 Å². The highest BCUT2D eigenvalue weighted by Crippen LogP contribution is 2.61. The highest BCUT2D eigenvalue weighted by Gasteiger charge is 2.56. The van der Waals surface area contributed by atoms with Gasteiger partial charge >= 0.3 is 0 Å². The van der Waals surface area contributed by atoms with Crippen molar-refractivity contribution in [2.75, 3.05) is 6.54 Å². The highest BCUT2D eigenvalue weighted by atomic mass is 16.1. The van der Waals surface area contributed by atoms with Gasteiger partial charge in [0.15, 0.2) is 0 Å². The van der Waals surface area contributed by atoms with Gasteiger partial charge in [-0.05, 0) is 75.0 Å². The van der Waals surface area contributed by atoms with Gasteiger partial charge in [0, 0.05) is 12.0 Å². The Labute approximate surface area is 111 Å². The van der Waals surface area contributed by atoms with Crippen LogP contribution in [0.2, 0.25) is 0 Å². The van der Waals surface area contributed by atoms with Crippen LogP contribution in [0.4, 0.5) is 0 Å². The van der Waals surface area contributed by atoms with Gasteiger partial charge in [-0.2, -0.15) is 0 Å². The van der Waals surface area contributed by atoms with E-state index in [2.05, 4.69) is 6.92 Å². The van der Waals surface area contributed by atoms with Gasteiger partial charge in [0.25, 0.3) is 0 Å². The van der Waals surface area contributed by atoms with Crippen molar-refractivity contribution in [2.45, 2.75) is 52.4 Å². The number of hydrogen-bond donors (Lipinski definition) is 1. The van der Waals surface area contributed by atoms with Crippen LogP contribution in [0.25, 0.3) is 0 Å². The van der Waals surface area contributed by atoms with Crippen LogP contribution in [-0.2, 0) is 4.79 Å². The Hall–Kier alpha value is -0.370. The van der Waals surface area contributed by atoms with E-state index in [0.717, 1.165) is 30.1 Å². The molecule has 2 heteroatoms. The van der Waals surface area contributed by atoms with Gasteiger partial charge in [0.05, 0.1) is 0 Å². The Morgan fingerprint density at radius 3 is 1.94 bits per heavy atom. The zero-order chi connectivity index (χ0) is 12.9. The molecule has 4 aliphatic carbocycles. The molecule has 1 atom stereocenters. The summed E-state index contributed by atoms with van der Waals surface area (Å²) in [4.78, 5) is 12.3. The summed E-state index contributed by atoms with van der Waals surface area (Å²) in [5.74, 6) is 4.50. The average Bonchev–Trinajstić information content (AvgIpc) is 2.32. The van der Waals surface area contributed by atoms with Crippen molar-refractivity contribution in [3.05, 3.63) is 0 Å². The first-order valence-electron chi connectivity index (χ1n) is 7.81. The van der Waals surface area contributed by atoms with Crippen LogP contribution < -0.4 is 5.73 Å². The molecule has 0 heterocycles. The third-order valence-corrected chi connectivity index (χ3v) is 6.56. The summed E-state index contributed by atoms with van der Waals surface area (Å²) < 4.78 is 0. The molecule has 4 bridgehead atoms. The number of carbonyl (C=O) groups excluding carboxylic acids is 1. The Balaban J connectivity index is 1.93. The number of carbonyl (C=O) groups is 1. The van der Waals surface area contributed by atoms with Crippen molar-refractivity contribution in [3.63, 3.8) is 0 Å². The lowest BCUT2D eigenvalue weighted by Gasteiger charge is -2.59. The van der Waals surface area contributed by atoms with Gasteiger partial charge in [-0.3, -0.25) is 4.79 Å². The molecule has 0 saturated heterocycles. The fourth-order valence-electron chi connectivity index (χ4n) is 5.97. The summed E-state index contributed by atoms with van der Waals surface area (Å²) in [5.41, 5.74) is 5.87. The number of ketones is 1. The van der Waals surface area contributed by atoms with Crippen molar-refractivity contribution < 1.29 is 4.79 Å². The van der Waals surface area contributed by atoms with E-state index in [1.807, 2.05) is 0 Å². The summed E-state index contributed by atoms with van der Waals surface area (Å²) >= 11 is 0. The molecule has 1 unspecified atom stereocenters. The number of Topliss-reactive ketones (excluding diaryl/α,β-unsaturated/α-hetero) is 1. The van der Waals surface area contributed by atoms with E-state index in [1.165, 1.54) is 32.1 Å².